The number of nitrogens with zero attached hydrogens (tertiary/aromatic N) is 1. The monoisotopic (exact) mass is 439 g/mol. The zero-order valence-corrected chi connectivity index (χ0v) is 18.4. The van der Waals surface area contributed by atoms with Crippen LogP contribution in [0.15, 0.2) is 46.0 Å². The van der Waals surface area contributed by atoms with E-state index in [1.54, 1.807) is 23.6 Å². The summed E-state index contributed by atoms with van der Waals surface area (Å²) in [5.74, 6) is -0.709. The lowest BCUT2D eigenvalue weighted by atomic mass is 9.87. The zero-order chi connectivity index (χ0) is 21.7. The van der Waals surface area contributed by atoms with Crippen LogP contribution in [0.3, 0.4) is 0 Å². The summed E-state index contributed by atoms with van der Waals surface area (Å²) in [7, 11) is -2.44. The van der Waals surface area contributed by atoms with Gasteiger partial charge in [0.2, 0.25) is 0 Å². The van der Waals surface area contributed by atoms with Gasteiger partial charge in [0.05, 0.1) is 6.54 Å². The van der Waals surface area contributed by atoms with Crippen LogP contribution < -0.4 is 15.6 Å². The number of ether oxygens (including phenoxy) is 1. The van der Waals surface area contributed by atoms with Crippen molar-refractivity contribution in [1.82, 2.24) is 15.2 Å². The van der Waals surface area contributed by atoms with E-state index in [1.165, 1.54) is 13.1 Å². The molecule has 1 aromatic carbocycles. The van der Waals surface area contributed by atoms with Gasteiger partial charge in [-0.05, 0) is 34.6 Å². The molecule has 29 heavy (non-hydrogen) atoms. The van der Waals surface area contributed by atoms with Crippen molar-refractivity contribution in [3.63, 3.8) is 0 Å². The van der Waals surface area contributed by atoms with Gasteiger partial charge in [-0.15, -0.1) is 11.3 Å². The summed E-state index contributed by atoms with van der Waals surface area (Å²) >= 11 is 1.06. The molecule has 158 valence electrons. The average molecular weight is 440 g/mol. The second-order valence-corrected chi connectivity index (χ2v) is 10.6. The van der Waals surface area contributed by atoms with Gasteiger partial charge in [-0.1, -0.05) is 39.0 Å². The van der Waals surface area contributed by atoms with Gasteiger partial charge in [0.1, 0.15) is 9.96 Å². The number of amides is 2. The van der Waals surface area contributed by atoms with E-state index in [0.29, 0.717) is 5.75 Å². The number of thiophene rings is 1. The lowest BCUT2D eigenvalue weighted by Gasteiger charge is -2.19. The summed E-state index contributed by atoms with van der Waals surface area (Å²) in [5, 5.41) is 1.64. The molecule has 0 atom stereocenters. The number of hydrogen-bond acceptors (Lipinski definition) is 6. The molecule has 0 spiro atoms. The van der Waals surface area contributed by atoms with Crippen molar-refractivity contribution in [2.24, 2.45) is 0 Å². The molecular formula is C19H25N3O5S2. The summed E-state index contributed by atoms with van der Waals surface area (Å²) in [6.07, 6.45) is 0. The number of likely N-dealkylation sites (N-methyl/N-ethyl adjacent to an activating group) is 1. The Kier molecular flexibility index (Phi) is 7.39. The van der Waals surface area contributed by atoms with E-state index in [1.807, 2.05) is 12.1 Å². The maximum Gasteiger partial charge on any atom is 0.276 e. The van der Waals surface area contributed by atoms with E-state index in [-0.39, 0.29) is 16.2 Å². The van der Waals surface area contributed by atoms with Gasteiger partial charge < -0.3 is 4.74 Å². The molecule has 0 fully saturated rings. The van der Waals surface area contributed by atoms with Crippen molar-refractivity contribution in [1.29, 1.82) is 0 Å². The van der Waals surface area contributed by atoms with Crippen LogP contribution >= 0.6 is 11.3 Å². The highest BCUT2D eigenvalue weighted by Crippen LogP contribution is 2.24. The van der Waals surface area contributed by atoms with Crippen molar-refractivity contribution < 1.29 is 22.7 Å². The van der Waals surface area contributed by atoms with Crippen LogP contribution in [0.2, 0.25) is 0 Å². The van der Waals surface area contributed by atoms with E-state index in [9.17, 15) is 18.0 Å². The smallest absolute Gasteiger partial charge is 0.276 e. The fourth-order valence-corrected chi connectivity index (χ4v) is 4.59. The second-order valence-electron chi connectivity index (χ2n) is 7.35. The molecule has 2 N–H and O–H groups in total. The highest BCUT2D eigenvalue weighted by molar-refractivity contribution is 7.91. The van der Waals surface area contributed by atoms with Gasteiger partial charge in [-0.25, -0.2) is 8.42 Å². The van der Waals surface area contributed by atoms with E-state index < -0.39 is 28.4 Å². The highest BCUT2D eigenvalue weighted by Gasteiger charge is 2.24. The molecular weight excluding hydrogens is 414 g/mol. The first kappa shape index (κ1) is 22.9. The minimum Gasteiger partial charge on any atom is -0.484 e. The highest BCUT2D eigenvalue weighted by atomic mass is 32.2. The quantitative estimate of drug-likeness (QED) is 0.641. The number of rotatable bonds is 7. The number of nitrogens with one attached hydrogen (secondary N) is 2. The van der Waals surface area contributed by atoms with Crippen LogP contribution in [0.4, 0.5) is 0 Å². The summed E-state index contributed by atoms with van der Waals surface area (Å²) < 4.78 is 31.0. The Morgan fingerprint density at radius 3 is 2.24 bits per heavy atom. The van der Waals surface area contributed by atoms with Gasteiger partial charge >= 0.3 is 0 Å². The Morgan fingerprint density at radius 2 is 1.69 bits per heavy atom. The van der Waals surface area contributed by atoms with Crippen LogP contribution in [0.5, 0.6) is 5.75 Å². The average Bonchev–Trinajstić information content (AvgIpc) is 3.20. The third-order valence-electron chi connectivity index (χ3n) is 3.96. The molecule has 0 saturated carbocycles. The number of carbonyl (C=O) groups excluding carboxylic acids is 2. The standard InChI is InChI=1S/C19H25N3O5S2/c1-19(2,3)14-7-9-15(10-8-14)27-13-17(24)21-20-16(23)12-22(4)29(25,26)18-6-5-11-28-18/h5-11H,12-13H2,1-4H3,(H,20,23)(H,21,24). The number of hydrogen-bond donors (Lipinski definition) is 2. The second kappa shape index (κ2) is 9.38. The summed E-state index contributed by atoms with van der Waals surface area (Å²) in [5.41, 5.74) is 5.53. The van der Waals surface area contributed by atoms with E-state index in [0.717, 1.165) is 21.2 Å². The fourth-order valence-electron chi connectivity index (χ4n) is 2.27. The van der Waals surface area contributed by atoms with Crippen LogP contribution in [0, 0.1) is 0 Å². The molecule has 1 heterocycles. The Balaban J connectivity index is 1.76. The predicted octanol–water partition coefficient (Wildman–Crippen LogP) is 1.89. The van der Waals surface area contributed by atoms with Crippen molar-refractivity contribution in [3.05, 3.63) is 47.3 Å². The maximum absolute atomic E-state index is 12.3. The number of sulfonamides is 1. The molecule has 0 unspecified atom stereocenters. The van der Waals surface area contributed by atoms with Crippen molar-refractivity contribution in [2.75, 3.05) is 20.2 Å². The van der Waals surface area contributed by atoms with E-state index in [2.05, 4.69) is 31.6 Å². The number of carbonyl (C=O) groups is 2. The topological polar surface area (TPSA) is 105 Å². The predicted molar refractivity (Wildman–Crippen MR) is 111 cm³/mol. The molecule has 10 heteroatoms. The Hall–Kier alpha value is -2.43. The van der Waals surface area contributed by atoms with Gasteiger partial charge in [0.25, 0.3) is 21.8 Å². The summed E-state index contributed by atoms with van der Waals surface area (Å²) in [6.45, 7) is 5.57. The lowest BCUT2D eigenvalue weighted by Crippen LogP contribution is -2.48. The van der Waals surface area contributed by atoms with E-state index >= 15 is 0 Å². The zero-order valence-electron chi connectivity index (χ0n) is 16.8. The first-order valence-electron chi connectivity index (χ1n) is 8.81. The summed E-state index contributed by atoms with van der Waals surface area (Å²) in [4.78, 5) is 23.7. The number of hydrazine groups is 1. The SMILES string of the molecule is CN(CC(=O)NNC(=O)COc1ccc(C(C)(C)C)cc1)S(=O)(=O)c1cccs1. The molecule has 0 aliphatic heterocycles. The van der Waals surface area contributed by atoms with Gasteiger partial charge in [0.15, 0.2) is 6.61 Å². The van der Waals surface area contributed by atoms with Crippen LogP contribution in [0.25, 0.3) is 0 Å². The first-order chi connectivity index (χ1) is 13.5. The van der Waals surface area contributed by atoms with Crippen molar-refractivity contribution in [3.8, 4) is 5.75 Å². The Bertz CT molecular complexity index is 933. The molecule has 0 aliphatic rings. The van der Waals surface area contributed by atoms with Gasteiger partial charge in [-0.3, -0.25) is 20.4 Å². The first-order valence-corrected chi connectivity index (χ1v) is 11.1. The van der Waals surface area contributed by atoms with Gasteiger partial charge in [-0.2, -0.15) is 4.31 Å². The van der Waals surface area contributed by atoms with E-state index in [4.69, 9.17) is 4.74 Å². The van der Waals surface area contributed by atoms with Crippen molar-refractivity contribution >= 4 is 33.2 Å². The molecule has 0 aliphatic carbocycles. The lowest BCUT2D eigenvalue weighted by molar-refractivity contribution is -0.130. The molecule has 2 amide bonds. The molecule has 0 bridgehead atoms. The third-order valence-corrected chi connectivity index (χ3v) is 7.13. The minimum absolute atomic E-state index is 0.0182. The molecule has 0 radical (unpaired) electrons. The largest absolute Gasteiger partial charge is 0.484 e. The molecule has 8 nitrogen and oxygen atoms in total. The number of benzene rings is 1. The third kappa shape index (κ3) is 6.55. The van der Waals surface area contributed by atoms with Crippen molar-refractivity contribution in [2.45, 2.75) is 30.4 Å². The Morgan fingerprint density at radius 1 is 1.07 bits per heavy atom. The normalized spacial score (nSPS) is 11.9. The fraction of sp³-hybridized carbons (Fsp3) is 0.368. The Labute approximate surface area is 174 Å². The maximum atomic E-state index is 12.3. The minimum atomic E-state index is -3.74. The molecule has 2 aromatic rings. The molecule has 2 rings (SSSR count). The van der Waals surface area contributed by atoms with Crippen LogP contribution in [-0.4, -0.2) is 44.7 Å². The van der Waals surface area contributed by atoms with Crippen LogP contribution in [0.1, 0.15) is 26.3 Å². The summed E-state index contributed by atoms with van der Waals surface area (Å²) in [6, 6.07) is 10.5. The molecule has 0 saturated heterocycles. The molecule has 1 aromatic heterocycles. The van der Waals surface area contributed by atoms with Gasteiger partial charge in [0, 0.05) is 7.05 Å². The van der Waals surface area contributed by atoms with Crippen LogP contribution in [-0.2, 0) is 25.0 Å².